The summed E-state index contributed by atoms with van der Waals surface area (Å²) in [7, 11) is 0. The Bertz CT molecular complexity index is 449. The van der Waals surface area contributed by atoms with Crippen LogP contribution in [0, 0.1) is 11.8 Å². The van der Waals surface area contributed by atoms with Crippen molar-refractivity contribution >= 4 is 11.3 Å². The number of rotatable bonds is 1. The fraction of sp³-hybridized carbons (Fsp3) is 0.789. The Kier molecular flexibility index (Phi) is 7.00. The molecule has 0 amide bonds. The number of hydrogen-bond acceptors (Lipinski definition) is 1. The van der Waals surface area contributed by atoms with Gasteiger partial charge in [0, 0.05) is 4.88 Å². The Balaban J connectivity index is 0.000000229. The summed E-state index contributed by atoms with van der Waals surface area (Å²) < 4.78 is 37.3. The monoisotopic (exact) mass is 346 g/mol. The van der Waals surface area contributed by atoms with Crippen LogP contribution in [0.25, 0.3) is 0 Å². The van der Waals surface area contributed by atoms with Crippen molar-refractivity contribution in [1.29, 1.82) is 0 Å². The van der Waals surface area contributed by atoms with Gasteiger partial charge >= 0.3 is 6.18 Å². The average molecular weight is 347 g/mol. The summed E-state index contributed by atoms with van der Waals surface area (Å²) in [6.07, 6.45) is 7.63. The van der Waals surface area contributed by atoms with E-state index in [1.165, 1.54) is 38.2 Å². The molecule has 0 atom stereocenters. The minimum Gasteiger partial charge on any atom is -0.165 e. The van der Waals surface area contributed by atoms with E-state index < -0.39 is 11.1 Å². The highest BCUT2D eigenvalue weighted by atomic mass is 32.1. The summed E-state index contributed by atoms with van der Waals surface area (Å²) in [4.78, 5) is 0.459. The van der Waals surface area contributed by atoms with Crippen LogP contribution in [0.15, 0.2) is 12.1 Å². The zero-order chi connectivity index (χ0) is 16.9. The van der Waals surface area contributed by atoms with Gasteiger partial charge in [0.1, 0.15) is 4.88 Å². The predicted molar refractivity (Wildman–Crippen MR) is 91.9 cm³/mol. The smallest absolute Gasteiger partial charge is 0.165 e. The van der Waals surface area contributed by atoms with Crippen molar-refractivity contribution in [3.63, 3.8) is 0 Å². The van der Waals surface area contributed by atoms with Crippen molar-refractivity contribution in [3.8, 4) is 0 Å². The molecule has 4 heteroatoms. The SMILES string of the molecule is CC1CCC(c2ccc(C(F)(F)F)s2)CC1.CC1CCCCC1. The molecule has 1 heterocycles. The molecule has 132 valence electrons. The lowest BCUT2D eigenvalue weighted by molar-refractivity contribution is -0.134. The lowest BCUT2D eigenvalue weighted by Gasteiger charge is -2.25. The van der Waals surface area contributed by atoms with Crippen LogP contribution in [0.3, 0.4) is 0 Å². The third-order valence-electron chi connectivity index (χ3n) is 5.22. The van der Waals surface area contributed by atoms with Crippen LogP contribution < -0.4 is 0 Å². The minimum atomic E-state index is -4.18. The molecule has 0 nitrogen and oxygen atoms in total. The number of thiophene rings is 1. The van der Waals surface area contributed by atoms with E-state index in [0.717, 1.165) is 53.7 Å². The minimum absolute atomic E-state index is 0.359. The summed E-state index contributed by atoms with van der Waals surface area (Å²) in [5, 5.41) is 0. The van der Waals surface area contributed by atoms with E-state index in [1.54, 1.807) is 6.07 Å². The van der Waals surface area contributed by atoms with Gasteiger partial charge in [-0.2, -0.15) is 13.2 Å². The third kappa shape index (κ3) is 6.13. The number of halogens is 3. The van der Waals surface area contributed by atoms with E-state index in [1.807, 2.05) is 0 Å². The topological polar surface area (TPSA) is 0 Å². The maximum Gasteiger partial charge on any atom is 0.425 e. The summed E-state index contributed by atoms with van der Waals surface area (Å²) in [5.41, 5.74) is 0. The quantitative estimate of drug-likeness (QED) is 0.490. The van der Waals surface area contributed by atoms with Crippen LogP contribution in [-0.2, 0) is 6.18 Å². The highest BCUT2D eigenvalue weighted by molar-refractivity contribution is 7.12. The van der Waals surface area contributed by atoms with Crippen molar-refractivity contribution < 1.29 is 13.2 Å². The first kappa shape index (κ1) is 18.8. The molecule has 23 heavy (non-hydrogen) atoms. The van der Waals surface area contributed by atoms with Crippen LogP contribution in [0.1, 0.15) is 87.3 Å². The van der Waals surface area contributed by atoms with Gasteiger partial charge in [-0.25, -0.2) is 0 Å². The molecular weight excluding hydrogens is 317 g/mol. The molecule has 2 aliphatic rings. The Morgan fingerprint density at radius 2 is 1.39 bits per heavy atom. The van der Waals surface area contributed by atoms with E-state index in [-0.39, 0.29) is 0 Å². The molecule has 0 saturated heterocycles. The normalized spacial score (nSPS) is 26.5. The maximum absolute atomic E-state index is 12.4. The number of alkyl halides is 3. The molecule has 2 aliphatic carbocycles. The molecule has 0 aliphatic heterocycles. The van der Waals surface area contributed by atoms with Crippen LogP contribution in [-0.4, -0.2) is 0 Å². The van der Waals surface area contributed by atoms with Crippen LogP contribution in [0.5, 0.6) is 0 Å². The second-order valence-electron chi connectivity index (χ2n) is 7.40. The van der Waals surface area contributed by atoms with Gasteiger partial charge < -0.3 is 0 Å². The first-order valence-electron chi connectivity index (χ1n) is 9.03. The van der Waals surface area contributed by atoms with Gasteiger partial charge in [-0.1, -0.05) is 58.8 Å². The van der Waals surface area contributed by atoms with E-state index >= 15 is 0 Å². The van der Waals surface area contributed by atoms with E-state index in [4.69, 9.17) is 0 Å². The molecule has 0 aromatic carbocycles. The van der Waals surface area contributed by atoms with Crippen molar-refractivity contribution in [2.24, 2.45) is 11.8 Å². The van der Waals surface area contributed by atoms with E-state index in [9.17, 15) is 13.2 Å². The van der Waals surface area contributed by atoms with E-state index in [0.29, 0.717) is 5.92 Å². The van der Waals surface area contributed by atoms with E-state index in [2.05, 4.69) is 13.8 Å². The van der Waals surface area contributed by atoms with Crippen molar-refractivity contribution in [1.82, 2.24) is 0 Å². The van der Waals surface area contributed by atoms with Gasteiger partial charge in [0.25, 0.3) is 0 Å². The first-order chi connectivity index (χ1) is 10.9. The second-order valence-corrected chi connectivity index (χ2v) is 8.52. The lowest BCUT2D eigenvalue weighted by Crippen LogP contribution is -2.09. The van der Waals surface area contributed by atoms with Gasteiger partial charge in [-0.05, 0) is 42.7 Å². The van der Waals surface area contributed by atoms with Gasteiger partial charge in [-0.15, -0.1) is 11.3 Å². The molecule has 2 fully saturated rings. The molecule has 0 N–H and O–H groups in total. The highest BCUT2D eigenvalue weighted by Gasteiger charge is 2.33. The Hall–Kier alpha value is -0.510. The fourth-order valence-corrected chi connectivity index (χ4v) is 4.62. The maximum atomic E-state index is 12.4. The summed E-state index contributed by atoms with van der Waals surface area (Å²) >= 11 is 0.923. The molecule has 1 aromatic heterocycles. The van der Waals surface area contributed by atoms with Crippen LogP contribution in [0.2, 0.25) is 0 Å². The Morgan fingerprint density at radius 1 is 0.826 bits per heavy atom. The van der Waals surface area contributed by atoms with Gasteiger partial charge in [0.2, 0.25) is 0 Å². The Labute approximate surface area is 142 Å². The second kappa shape index (κ2) is 8.55. The summed E-state index contributed by atoms with van der Waals surface area (Å²) in [6.45, 7) is 4.57. The van der Waals surface area contributed by atoms with Crippen LogP contribution >= 0.6 is 11.3 Å². The highest BCUT2D eigenvalue weighted by Crippen LogP contribution is 2.42. The third-order valence-corrected chi connectivity index (χ3v) is 6.51. The zero-order valence-electron chi connectivity index (χ0n) is 14.3. The van der Waals surface area contributed by atoms with Gasteiger partial charge in [0.05, 0.1) is 0 Å². The van der Waals surface area contributed by atoms with Crippen molar-refractivity contribution in [2.45, 2.75) is 83.7 Å². The molecule has 1 aromatic rings. The fourth-order valence-electron chi connectivity index (χ4n) is 3.58. The number of hydrogen-bond donors (Lipinski definition) is 0. The van der Waals surface area contributed by atoms with Crippen molar-refractivity contribution in [3.05, 3.63) is 21.9 Å². The first-order valence-corrected chi connectivity index (χ1v) is 9.85. The molecule has 3 rings (SSSR count). The zero-order valence-corrected chi connectivity index (χ0v) is 15.1. The molecule has 0 unspecified atom stereocenters. The largest absolute Gasteiger partial charge is 0.425 e. The standard InChI is InChI=1S/C12H15F3S.C7H14/c1-8-2-4-9(5-3-8)10-6-7-11(16-10)12(13,14)15;1-7-5-3-2-4-6-7/h6-9H,2-5H2,1H3;7H,2-6H2,1H3. The molecular formula is C19H29F3S. The van der Waals surface area contributed by atoms with Crippen molar-refractivity contribution in [2.75, 3.05) is 0 Å². The molecule has 0 bridgehead atoms. The molecule has 2 saturated carbocycles. The average Bonchev–Trinajstić information content (AvgIpc) is 2.99. The predicted octanol–water partition coefficient (Wildman–Crippen LogP) is 7.65. The van der Waals surface area contributed by atoms with Gasteiger partial charge in [-0.3, -0.25) is 0 Å². The summed E-state index contributed by atoms with van der Waals surface area (Å²) in [5.74, 6) is 2.13. The van der Waals surface area contributed by atoms with Crippen LogP contribution in [0.4, 0.5) is 13.2 Å². The molecule has 0 spiro atoms. The lowest BCUT2D eigenvalue weighted by atomic mass is 9.82. The molecule has 0 radical (unpaired) electrons. The Morgan fingerprint density at radius 3 is 1.83 bits per heavy atom. The summed E-state index contributed by atoms with van der Waals surface area (Å²) in [6, 6.07) is 2.88. The van der Waals surface area contributed by atoms with Gasteiger partial charge in [0.15, 0.2) is 0 Å².